The molecule has 0 aliphatic heterocycles. The van der Waals surface area contributed by atoms with Crippen LogP contribution in [-0.2, 0) is 14.9 Å². The van der Waals surface area contributed by atoms with Crippen LogP contribution < -0.4 is 4.72 Å². The molecular weight excluding hydrogens is 252 g/mol. The quantitative estimate of drug-likeness (QED) is 0.716. The molecule has 0 aromatic carbocycles. The number of hydrogen-bond acceptors (Lipinski definition) is 3. The summed E-state index contributed by atoms with van der Waals surface area (Å²) in [4.78, 5) is 0. The maximum Gasteiger partial charge on any atom is 0.279 e. The van der Waals surface area contributed by atoms with E-state index in [-0.39, 0.29) is 0 Å². The van der Waals surface area contributed by atoms with Crippen LogP contribution >= 0.6 is 0 Å². The number of nitrogens with one attached hydrogen (secondary N) is 1. The lowest BCUT2D eigenvalue weighted by molar-refractivity contribution is -0.00184. The Morgan fingerprint density at radius 3 is 2.61 bits per heavy atom. The molecule has 0 saturated heterocycles. The summed E-state index contributed by atoms with van der Waals surface area (Å²) in [6.07, 6.45) is 5.12. The summed E-state index contributed by atoms with van der Waals surface area (Å²) < 4.78 is 32.9. The number of rotatable bonds is 7. The molecule has 1 rings (SSSR count). The minimum atomic E-state index is -3.32. The van der Waals surface area contributed by atoms with Gasteiger partial charge >= 0.3 is 0 Å². The van der Waals surface area contributed by atoms with Gasteiger partial charge in [-0.1, -0.05) is 26.7 Å². The number of ether oxygens (including phenoxy) is 1. The largest absolute Gasteiger partial charge is 0.377 e. The first-order valence-electron chi connectivity index (χ1n) is 6.80. The van der Waals surface area contributed by atoms with Gasteiger partial charge in [-0.2, -0.15) is 17.4 Å². The van der Waals surface area contributed by atoms with Crippen molar-refractivity contribution < 1.29 is 13.2 Å². The number of hydrogen-bond donors (Lipinski definition) is 1. The molecule has 0 aromatic heterocycles. The van der Waals surface area contributed by atoms with Gasteiger partial charge in [0.05, 0.1) is 12.7 Å². The first-order chi connectivity index (χ1) is 8.47. The highest BCUT2D eigenvalue weighted by Gasteiger charge is 2.22. The van der Waals surface area contributed by atoms with Gasteiger partial charge in [-0.3, -0.25) is 0 Å². The fourth-order valence-electron chi connectivity index (χ4n) is 2.19. The van der Waals surface area contributed by atoms with E-state index < -0.39 is 10.2 Å². The maximum absolute atomic E-state index is 11.6. The average Bonchev–Trinajstić information content (AvgIpc) is 2.35. The molecule has 0 aromatic rings. The number of nitrogens with zero attached hydrogens (tertiary/aromatic N) is 1. The molecule has 0 spiro atoms. The highest BCUT2D eigenvalue weighted by Crippen LogP contribution is 2.25. The van der Waals surface area contributed by atoms with Gasteiger partial charge in [0.1, 0.15) is 0 Å². The summed E-state index contributed by atoms with van der Waals surface area (Å²) >= 11 is 0. The Labute approximate surface area is 111 Å². The van der Waals surface area contributed by atoms with Gasteiger partial charge in [0.2, 0.25) is 0 Å². The third-order valence-electron chi connectivity index (χ3n) is 3.61. The van der Waals surface area contributed by atoms with Crippen molar-refractivity contribution in [3.05, 3.63) is 0 Å². The highest BCUT2D eigenvalue weighted by molar-refractivity contribution is 7.87. The second kappa shape index (κ2) is 7.43. The minimum absolute atomic E-state index is 0.298. The van der Waals surface area contributed by atoms with Crippen molar-refractivity contribution in [2.75, 3.05) is 26.7 Å². The summed E-state index contributed by atoms with van der Waals surface area (Å²) in [6, 6.07) is 0. The van der Waals surface area contributed by atoms with Crippen molar-refractivity contribution in [1.29, 1.82) is 0 Å². The molecule has 1 N–H and O–H groups in total. The zero-order chi connectivity index (χ0) is 13.6. The molecule has 5 nitrogen and oxygen atoms in total. The van der Waals surface area contributed by atoms with Gasteiger partial charge in [-0.25, -0.2) is 0 Å². The van der Waals surface area contributed by atoms with Crippen LogP contribution in [-0.4, -0.2) is 45.6 Å². The second-order valence-corrected chi connectivity index (χ2v) is 6.85. The standard InChI is InChI=1S/C12H26N2O3S/c1-4-14(3)18(15,16)13-9-10-17-12-8-6-5-7-11(12)2/h11-13H,4-10H2,1-3H3/t11-,12-/m1/s1. The molecule has 1 fully saturated rings. The molecule has 0 bridgehead atoms. The van der Waals surface area contributed by atoms with Crippen LogP contribution in [0.4, 0.5) is 0 Å². The molecule has 18 heavy (non-hydrogen) atoms. The van der Waals surface area contributed by atoms with Gasteiger partial charge in [-0.05, 0) is 18.8 Å². The van der Waals surface area contributed by atoms with Gasteiger partial charge in [0, 0.05) is 20.1 Å². The van der Waals surface area contributed by atoms with Gasteiger partial charge in [0.25, 0.3) is 10.2 Å². The van der Waals surface area contributed by atoms with Gasteiger partial charge in [-0.15, -0.1) is 0 Å². The molecule has 6 heteroatoms. The van der Waals surface area contributed by atoms with Crippen LogP contribution in [0, 0.1) is 5.92 Å². The van der Waals surface area contributed by atoms with E-state index in [1.54, 1.807) is 14.0 Å². The lowest BCUT2D eigenvalue weighted by atomic mass is 9.88. The molecule has 1 aliphatic carbocycles. The van der Waals surface area contributed by atoms with E-state index in [0.717, 1.165) is 6.42 Å². The van der Waals surface area contributed by atoms with E-state index >= 15 is 0 Å². The van der Waals surface area contributed by atoms with Crippen molar-refractivity contribution >= 4 is 10.2 Å². The van der Waals surface area contributed by atoms with Crippen LogP contribution in [0.15, 0.2) is 0 Å². The lowest BCUT2D eigenvalue weighted by Gasteiger charge is -2.28. The molecule has 0 amide bonds. The minimum Gasteiger partial charge on any atom is -0.377 e. The van der Waals surface area contributed by atoms with Crippen molar-refractivity contribution in [1.82, 2.24) is 9.03 Å². The molecule has 1 aliphatic rings. The summed E-state index contributed by atoms with van der Waals surface area (Å²) in [5.41, 5.74) is 0. The van der Waals surface area contributed by atoms with Crippen LogP contribution in [0.5, 0.6) is 0 Å². The Morgan fingerprint density at radius 1 is 1.33 bits per heavy atom. The van der Waals surface area contributed by atoms with Crippen LogP contribution in [0.25, 0.3) is 0 Å². The highest BCUT2D eigenvalue weighted by atomic mass is 32.2. The normalized spacial score (nSPS) is 25.6. The van der Waals surface area contributed by atoms with Gasteiger partial charge < -0.3 is 4.74 Å². The summed E-state index contributed by atoms with van der Waals surface area (Å²) in [7, 11) is -1.76. The predicted octanol–water partition coefficient (Wildman–Crippen LogP) is 1.37. The molecule has 108 valence electrons. The molecule has 0 heterocycles. The Morgan fingerprint density at radius 2 is 2.00 bits per heavy atom. The van der Waals surface area contributed by atoms with E-state index in [0.29, 0.717) is 31.7 Å². The lowest BCUT2D eigenvalue weighted by Crippen LogP contribution is -2.40. The van der Waals surface area contributed by atoms with Gasteiger partial charge in [0.15, 0.2) is 0 Å². The van der Waals surface area contributed by atoms with Crippen molar-refractivity contribution in [2.45, 2.75) is 45.6 Å². The van der Waals surface area contributed by atoms with Crippen LogP contribution in [0.3, 0.4) is 0 Å². The molecular formula is C12H26N2O3S. The summed E-state index contributed by atoms with van der Waals surface area (Å²) in [5, 5.41) is 0. The smallest absolute Gasteiger partial charge is 0.279 e. The maximum atomic E-state index is 11.6. The van der Waals surface area contributed by atoms with Crippen LogP contribution in [0.2, 0.25) is 0 Å². The monoisotopic (exact) mass is 278 g/mol. The summed E-state index contributed by atoms with van der Waals surface area (Å²) in [6.45, 7) is 5.27. The SMILES string of the molecule is CCN(C)S(=O)(=O)NCCO[C@@H]1CCCC[C@H]1C. The Bertz CT molecular complexity index is 332. The molecule has 2 atom stereocenters. The topological polar surface area (TPSA) is 58.6 Å². The fourth-order valence-corrected chi connectivity index (χ4v) is 3.09. The fraction of sp³-hybridized carbons (Fsp3) is 1.00. The van der Waals surface area contributed by atoms with Crippen molar-refractivity contribution in [3.63, 3.8) is 0 Å². The van der Waals surface area contributed by atoms with E-state index in [4.69, 9.17) is 4.74 Å². The van der Waals surface area contributed by atoms with Crippen molar-refractivity contribution in [2.24, 2.45) is 5.92 Å². The summed E-state index contributed by atoms with van der Waals surface area (Å²) in [5.74, 6) is 0.591. The Balaban J connectivity index is 2.22. The zero-order valence-corrected chi connectivity index (χ0v) is 12.5. The first kappa shape index (κ1) is 15.9. The molecule has 0 unspecified atom stereocenters. The Kier molecular flexibility index (Phi) is 6.55. The first-order valence-corrected chi connectivity index (χ1v) is 8.24. The zero-order valence-electron chi connectivity index (χ0n) is 11.7. The Hall–Kier alpha value is -0.170. The van der Waals surface area contributed by atoms with E-state index in [9.17, 15) is 8.42 Å². The van der Waals surface area contributed by atoms with Crippen LogP contribution in [0.1, 0.15) is 39.5 Å². The molecule has 0 radical (unpaired) electrons. The third kappa shape index (κ3) is 4.84. The molecule has 1 saturated carbocycles. The van der Waals surface area contributed by atoms with E-state index in [1.807, 2.05) is 0 Å². The van der Waals surface area contributed by atoms with E-state index in [2.05, 4.69) is 11.6 Å². The van der Waals surface area contributed by atoms with E-state index in [1.165, 1.54) is 23.6 Å². The third-order valence-corrected chi connectivity index (χ3v) is 5.25. The average molecular weight is 278 g/mol. The predicted molar refractivity (Wildman–Crippen MR) is 72.6 cm³/mol. The second-order valence-electron chi connectivity index (χ2n) is 4.98. The van der Waals surface area contributed by atoms with Crippen molar-refractivity contribution in [3.8, 4) is 0 Å².